The Kier molecular flexibility index (Phi) is 3.06. The van der Waals surface area contributed by atoms with Gasteiger partial charge in [-0.15, -0.1) is 11.3 Å². The van der Waals surface area contributed by atoms with Crippen molar-refractivity contribution >= 4 is 33.3 Å². The normalized spacial score (nSPS) is 11.2. The van der Waals surface area contributed by atoms with Gasteiger partial charge in [-0.1, -0.05) is 0 Å². The first-order valence-electron chi connectivity index (χ1n) is 6.25. The van der Waals surface area contributed by atoms with E-state index in [2.05, 4.69) is 32.8 Å². The largest absolute Gasteiger partial charge is 0.368 e. The summed E-state index contributed by atoms with van der Waals surface area (Å²) in [5.41, 5.74) is 5.81. The van der Waals surface area contributed by atoms with E-state index >= 15 is 0 Å². The van der Waals surface area contributed by atoms with Crippen LogP contribution in [0.1, 0.15) is 10.7 Å². The third-order valence-electron chi connectivity index (χ3n) is 3.17. The van der Waals surface area contributed by atoms with Crippen molar-refractivity contribution in [1.82, 2.24) is 19.5 Å². The zero-order valence-electron chi connectivity index (χ0n) is 11.7. The number of nitrogens with two attached hydrogens (primary N) is 1. The molecule has 104 valence electrons. The Hall–Kier alpha value is -2.15. The molecule has 2 N–H and O–H groups in total. The van der Waals surface area contributed by atoms with E-state index in [1.165, 1.54) is 4.88 Å². The first-order chi connectivity index (χ1) is 9.54. The number of nitrogen functional groups attached to an aromatic ring is 1. The third kappa shape index (κ3) is 2.20. The number of hydrogen-bond acceptors (Lipinski definition) is 6. The Balaban J connectivity index is 2.02. The van der Waals surface area contributed by atoms with Gasteiger partial charge in [-0.25, -0.2) is 9.97 Å². The van der Waals surface area contributed by atoms with E-state index in [4.69, 9.17) is 5.73 Å². The maximum atomic E-state index is 5.81. The van der Waals surface area contributed by atoms with Crippen LogP contribution >= 0.6 is 11.3 Å². The van der Waals surface area contributed by atoms with Gasteiger partial charge in [0.2, 0.25) is 5.95 Å². The molecular formula is C13H16N6S. The molecule has 0 aliphatic rings. The van der Waals surface area contributed by atoms with Gasteiger partial charge in [0.15, 0.2) is 0 Å². The van der Waals surface area contributed by atoms with E-state index in [0.29, 0.717) is 12.5 Å². The smallest absolute Gasteiger partial charge is 0.223 e. The summed E-state index contributed by atoms with van der Waals surface area (Å²) in [5.74, 6) is 2.13. The van der Waals surface area contributed by atoms with Crippen LogP contribution in [-0.2, 0) is 13.6 Å². The van der Waals surface area contributed by atoms with Crippen LogP contribution in [0.4, 0.5) is 11.8 Å². The fraction of sp³-hybridized carbons (Fsp3) is 0.308. The minimum Gasteiger partial charge on any atom is -0.368 e. The van der Waals surface area contributed by atoms with Gasteiger partial charge < -0.3 is 15.2 Å². The maximum Gasteiger partial charge on any atom is 0.223 e. The van der Waals surface area contributed by atoms with Crippen molar-refractivity contribution in [2.24, 2.45) is 7.05 Å². The van der Waals surface area contributed by atoms with Crippen molar-refractivity contribution < 1.29 is 0 Å². The third-order valence-corrected chi connectivity index (χ3v) is 4.12. The quantitative estimate of drug-likeness (QED) is 0.797. The average Bonchev–Trinajstić information content (AvgIpc) is 2.94. The Morgan fingerprint density at radius 3 is 2.90 bits per heavy atom. The van der Waals surface area contributed by atoms with Crippen LogP contribution in [0.15, 0.2) is 18.5 Å². The number of nitrogens with zero attached hydrogens (tertiary/aromatic N) is 5. The lowest BCUT2D eigenvalue weighted by atomic mass is 10.3. The highest BCUT2D eigenvalue weighted by atomic mass is 32.1. The Bertz CT molecular complexity index is 759. The standard InChI is InChI=1S/C13H16N6S/c1-8-6-9-11(16-13(14)17-12(9)20-8)19(3)7-10-15-4-5-18(10)2/h4-6H,7H2,1-3H3,(H2,14,16,17). The summed E-state index contributed by atoms with van der Waals surface area (Å²) < 4.78 is 2.00. The van der Waals surface area contributed by atoms with Crippen molar-refractivity contribution in [3.63, 3.8) is 0 Å². The van der Waals surface area contributed by atoms with Crippen molar-refractivity contribution in [2.45, 2.75) is 13.5 Å². The van der Waals surface area contributed by atoms with Gasteiger partial charge >= 0.3 is 0 Å². The number of aryl methyl sites for hydroxylation is 2. The lowest BCUT2D eigenvalue weighted by Gasteiger charge is -2.18. The molecule has 3 aromatic rings. The van der Waals surface area contributed by atoms with Crippen LogP contribution < -0.4 is 10.6 Å². The molecule has 20 heavy (non-hydrogen) atoms. The molecule has 0 atom stereocenters. The molecule has 3 aromatic heterocycles. The topological polar surface area (TPSA) is 72.9 Å². The Labute approximate surface area is 120 Å². The molecule has 0 radical (unpaired) electrons. The number of rotatable bonds is 3. The fourth-order valence-electron chi connectivity index (χ4n) is 2.17. The molecular weight excluding hydrogens is 272 g/mol. The van der Waals surface area contributed by atoms with Crippen LogP contribution in [0, 0.1) is 6.92 Å². The number of imidazole rings is 1. The number of hydrogen-bond donors (Lipinski definition) is 1. The Morgan fingerprint density at radius 2 is 2.20 bits per heavy atom. The van der Waals surface area contributed by atoms with Gasteiger partial charge in [0, 0.05) is 31.4 Å². The highest BCUT2D eigenvalue weighted by molar-refractivity contribution is 7.18. The van der Waals surface area contributed by atoms with Gasteiger partial charge in [-0.2, -0.15) is 4.98 Å². The summed E-state index contributed by atoms with van der Waals surface area (Å²) in [4.78, 5) is 17.2. The van der Waals surface area contributed by atoms with E-state index in [9.17, 15) is 0 Å². The molecule has 3 rings (SSSR count). The van der Waals surface area contributed by atoms with E-state index in [-0.39, 0.29) is 0 Å². The molecule has 6 nitrogen and oxygen atoms in total. The summed E-state index contributed by atoms with van der Waals surface area (Å²) >= 11 is 1.63. The number of aromatic nitrogens is 4. The molecule has 7 heteroatoms. The van der Waals surface area contributed by atoms with Crippen LogP contribution in [0.3, 0.4) is 0 Å². The molecule has 0 spiro atoms. The van der Waals surface area contributed by atoms with Crippen molar-refractivity contribution in [3.8, 4) is 0 Å². The second-order valence-electron chi connectivity index (χ2n) is 4.79. The van der Waals surface area contributed by atoms with Crippen LogP contribution in [0.2, 0.25) is 0 Å². The van der Waals surface area contributed by atoms with E-state index < -0.39 is 0 Å². The SMILES string of the molecule is Cc1cc2c(N(C)Cc3nccn3C)nc(N)nc2s1. The van der Waals surface area contributed by atoms with Gasteiger partial charge in [0.1, 0.15) is 16.5 Å². The predicted octanol–water partition coefficient (Wildman–Crippen LogP) is 1.95. The molecule has 0 fully saturated rings. The minimum absolute atomic E-state index is 0.307. The number of fused-ring (bicyclic) bond motifs is 1. The maximum absolute atomic E-state index is 5.81. The van der Waals surface area contributed by atoms with Gasteiger partial charge in [-0.3, -0.25) is 0 Å². The molecule has 0 aliphatic carbocycles. The van der Waals surface area contributed by atoms with Crippen molar-refractivity contribution in [2.75, 3.05) is 17.7 Å². The van der Waals surface area contributed by atoms with E-state index in [1.54, 1.807) is 17.5 Å². The first-order valence-corrected chi connectivity index (χ1v) is 7.07. The predicted molar refractivity (Wildman–Crippen MR) is 81.9 cm³/mol. The summed E-state index contributed by atoms with van der Waals surface area (Å²) in [6.45, 7) is 2.73. The number of anilines is 2. The zero-order valence-corrected chi connectivity index (χ0v) is 12.5. The molecule has 0 bridgehead atoms. The average molecular weight is 288 g/mol. The fourth-order valence-corrected chi connectivity index (χ4v) is 3.05. The molecule has 0 saturated heterocycles. The minimum atomic E-state index is 0.307. The lowest BCUT2D eigenvalue weighted by Crippen LogP contribution is -2.20. The molecule has 0 unspecified atom stereocenters. The second-order valence-corrected chi connectivity index (χ2v) is 6.03. The van der Waals surface area contributed by atoms with Crippen LogP contribution in [0.25, 0.3) is 10.2 Å². The van der Waals surface area contributed by atoms with Crippen LogP contribution in [0.5, 0.6) is 0 Å². The molecule has 0 saturated carbocycles. The van der Waals surface area contributed by atoms with Crippen LogP contribution in [-0.4, -0.2) is 26.6 Å². The molecule has 0 aliphatic heterocycles. The monoisotopic (exact) mass is 288 g/mol. The second kappa shape index (κ2) is 4.75. The summed E-state index contributed by atoms with van der Waals surface area (Å²) in [6.07, 6.45) is 3.73. The molecule has 3 heterocycles. The van der Waals surface area contributed by atoms with Crippen molar-refractivity contribution in [1.29, 1.82) is 0 Å². The molecule has 0 aromatic carbocycles. The summed E-state index contributed by atoms with van der Waals surface area (Å²) in [5, 5.41) is 1.04. The Morgan fingerprint density at radius 1 is 1.40 bits per heavy atom. The van der Waals surface area contributed by atoms with Gasteiger partial charge in [0.05, 0.1) is 11.9 Å². The lowest BCUT2D eigenvalue weighted by molar-refractivity contribution is 0.757. The first kappa shape index (κ1) is 12.9. The van der Waals surface area contributed by atoms with E-state index in [0.717, 1.165) is 21.9 Å². The highest BCUT2D eigenvalue weighted by Gasteiger charge is 2.14. The van der Waals surface area contributed by atoms with Gasteiger partial charge in [0.25, 0.3) is 0 Å². The number of thiophene rings is 1. The summed E-state index contributed by atoms with van der Waals surface area (Å²) in [6, 6.07) is 2.10. The van der Waals surface area contributed by atoms with Gasteiger partial charge in [-0.05, 0) is 13.0 Å². The molecule has 0 amide bonds. The summed E-state index contributed by atoms with van der Waals surface area (Å²) in [7, 11) is 3.97. The zero-order chi connectivity index (χ0) is 14.3. The van der Waals surface area contributed by atoms with Crippen molar-refractivity contribution in [3.05, 3.63) is 29.2 Å². The highest BCUT2D eigenvalue weighted by Crippen LogP contribution is 2.31. The van der Waals surface area contributed by atoms with E-state index in [1.807, 2.05) is 24.9 Å².